The SMILES string of the molecule is CC(=O)N(c1ccccc1)c1nc(/C=C/C(=O)NCCCN(C)c2ccccc2)cs1. The molecule has 0 bridgehead atoms. The Morgan fingerprint density at radius 2 is 1.68 bits per heavy atom. The number of anilines is 3. The number of nitrogens with one attached hydrogen (secondary N) is 1. The molecule has 0 atom stereocenters. The summed E-state index contributed by atoms with van der Waals surface area (Å²) < 4.78 is 0. The van der Waals surface area contributed by atoms with Crippen LogP contribution in [0.15, 0.2) is 72.1 Å². The fourth-order valence-corrected chi connectivity index (χ4v) is 3.87. The minimum Gasteiger partial charge on any atom is -0.375 e. The van der Waals surface area contributed by atoms with Crippen molar-refractivity contribution in [3.05, 3.63) is 77.8 Å². The third-order valence-corrected chi connectivity index (χ3v) is 5.45. The first-order valence-electron chi connectivity index (χ1n) is 10.1. The summed E-state index contributed by atoms with van der Waals surface area (Å²) in [5, 5.41) is 5.29. The van der Waals surface area contributed by atoms with Crippen molar-refractivity contribution >= 4 is 45.7 Å². The van der Waals surface area contributed by atoms with Gasteiger partial charge in [0.1, 0.15) is 0 Å². The third-order valence-electron chi connectivity index (χ3n) is 4.60. The van der Waals surface area contributed by atoms with Gasteiger partial charge in [-0.1, -0.05) is 36.4 Å². The van der Waals surface area contributed by atoms with E-state index in [0.717, 1.165) is 24.3 Å². The van der Waals surface area contributed by atoms with Gasteiger partial charge in [-0.15, -0.1) is 11.3 Å². The van der Waals surface area contributed by atoms with E-state index < -0.39 is 0 Å². The molecular formula is C24H26N4O2S. The van der Waals surface area contributed by atoms with E-state index in [-0.39, 0.29) is 11.8 Å². The second-order valence-electron chi connectivity index (χ2n) is 6.98. The molecular weight excluding hydrogens is 408 g/mol. The average molecular weight is 435 g/mol. The molecule has 6 nitrogen and oxygen atoms in total. The Hall–Kier alpha value is -3.45. The lowest BCUT2D eigenvalue weighted by Crippen LogP contribution is -2.26. The zero-order valence-corrected chi connectivity index (χ0v) is 18.5. The highest BCUT2D eigenvalue weighted by Gasteiger charge is 2.17. The number of carbonyl (C=O) groups excluding carboxylic acids is 2. The van der Waals surface area contributed by atoms with Crippen LogP contribution in [0, 0.1) is 0 Å². The quantitative estimate of drug-likeness (QED) is 0.398. The first kappa shape index (κ1) is 22.2. The highest BCUT2D eigenvalue weighted by Crippen LogP contribution is 2.28. The maximum absolute atomic E-state index is 12.1. The van der Waals surface area contributed by atoms with Gasteiger partial charge >= 0.3 is 0 Å². The summed E-state index contributed by atoms with van der Waals surface area (Å²) in [6.07, 6.45) is 3.98. The molecule has 2 amide bonds. The summed E-state index contributed by atoms with van der Waals surface area (Å²) in [7, 11) is 2.04. The molecule has 3 aromatic rings. The number of hydrogen-bond acceptors (Lipinski definition) is 5. The number of carbonyl (C=O) groups is 2. The highest BCUT2D eigenvalue weighted by molar-refractivity contribution is 7.14. The number of benzene rings is 2. The summed E-state index contributed by atoms with van der Waals surface area (Å²) >= 11 is 1.36. The van der Waals surface area contributed by atoms with E-state index in [4.69, 9.17) is 0 Å². The number of aromatic nitrogens is 1. The molecule has 1 aromatic heterocycles. The van der Waals surface area contributed by atoms with Gasteiger partial charge in [-0.05, 0) is 36.8 Å². The molecule has 160 valence electrons. The molecule has 1 N–H and O–H groups in total. The first-order valence-corrected chi connectivity index (χ1v) is 11.0. The molecule has 0 saturated heterocycles. The minimum atomic E-state index is -0.164. The molecule has 2 aromatic carbocycles. The predicted molar refractivity (Wildman–Crippen MR) is 128 cm³/mol. The van der Waals surface area contributed by atoms with Crippen molar-refractivity contribution in [1.29, 1.82) is 0 Å². The van der Waals surface area contributed by atoms with Gasteiger partial charge < -0.3 is 10.2 Å². The minimum absolute atomic E-state index is 0.116. The van der Waals surface area contributed by atoms with Crippen LogP contribution < -0.4 is 15.1 Å². The molecule has 0 aliphatic heterocycles. The van der Waals surface area contributed by atoms with Gasteiger partial charge in [0.25, 0.3) is 0 Å². The van der Waals surface area contributed by atoms with Crippen LogP contribution in [0.4, 0.5) is 16.5 Å². The van der Waals surface area contributed by atoms with Crippen LogP contribution in [0.1, 0.15) is 19.0 Å². The van der Waals surface area contributed by atoms with Gasteiger partial charge in [-0.3, -0.25) is 14.5 Å². The van der Waals surface area contributed by atoms with Crippen molar-refractivity contribution in [2.45, 2.75) is 13.3 Å². The van der Waals surface area contributed by atoms with E-state index in [1.807, 2.05) is 61.0 Å². The Morgan fingerprint density at radius 3 is 2.32 bits per heavy atom. The number of rotatable bonds is 9. The van der Waals surface area contributed by atoms with Crippen molar-refractivity contribution in [3.8, 4) is 0 Å². The topological polar surface area (TPSA) is 65.5 Å². The summed E-state index contributed by atoms with van der Waals surface area (Å²) in [5.41, 5.74) is 2.56. The lowest BCUT2D eigenvalue weighted by atomic mass is 10.3. The normalized spacial score (nSPS) is 10.8. The molecule has 0 saturated carbocycles. The summed E-state index contributed by atoms with van der Waals surface area (Å²) in [5.74, 6) is -0.280. The lowest BCUT2D eigenvalue weighted by Gasteiger charge is -2.19. The molecule has 0 fully saturated rings. The number of hydrogen-bond donors (Lipinski definition) is 1. The number of nitrogens with zero attached hydrogens (tertiary/aromatic N) is 3. The Bertz CT molecular complexity index is 1020. The zero-order chi connectivity index (χ0) is 22.1. The van der Waals surface area contributed by atoms with Gasteiger partial charge in [0.15, 0.2) is 5.13 Å². The molecule has 7 heteroatoms. The second kappa shape index (κ2) is 11.1. The van der Waals surface area contributed by atoms with Crippen LogP contribution in [0.2, 0.25) is 0 Å². The zero-order valence-electron chi connectivity index (χ0n) is 17.7. The van der Waals surface area contributed by atoms with Crippen LogP contribution in [-0.4, -0.2) is 36.9 Å². The van der Waals surface area contributed by atoms with Crippen molar-refractivity contribution in [2.24, 2.45) is 0 Å². The van der Waals surface area contributed by atoms with Gasteiger partial charge in [-0.2, -0.15) is 0 Å². The van der Waals surface area contributed by atoms with E-state index >= 15 is 0 Å². The van der Waals surface area contributed by atoms with Crippen LogP contribution >= 0.6 is 11.3 Å². The Balaban J connectivity index is 1.49. The average Bonchev–Trinajstić information content (AvgIpc) is 3.24. The van der Waals surface area contributed by atoms with Gasteiger partial charge in [-0.25, -0.2) is 4.98 Å². The lowest BCUT2D eigenvalue weighted by molar-refractivity contribution is -0.117. The Labute approximate surface area is 186 Å². The molecule has 31 heavy (non-hydrogen) atoms. The summed E-state index contributed by atoms with van der Waals surface area (Å²) in [6.45, 7) is 2.95. The van der Waals surface area contributed by atoms with Crippen LogP contribution in [0.3, 0.4) is 0 Å². The predicted octanol–water partition coefficient (Wildman–Crippen LogP) is 4.48. The van der Waals surface area contributed by atoms with Crippen molar-refractivity contribution < 1.29 is 9.59 Å². The van der Waals surface area contributed by atoms with Crippen molar-refractivity contribution in [2.75, 3.05) is 29.9 Å². The number of thiazole rings is 1. The molecule has 3 rings (SSSR count). The summed E-state index contributed by atoms with van der Waals surface area (Å²) in [4.78, 5) is 32.4. The Kier molecular flexibility index (Phi) is 7.95. The van der Waals surface area contributed by atoms with Crippen LogP contribution in [0.5, 0.6) is 0 Å². The molecule has 0 aliphatic rings. The van der Waals surface area contributed by atoms with E-state index in [1.165, 1.54) is 24.3 Å². The van der Waals surface area contributed by atoms with E-state index in [9.17, 15) is 9.59 Å². The number of amides is 2. The van der Waals surface area contributed by atoms with E-state index in [0.29, 0.717) is 17.4 Å². The van der Waals surface area contributed by atoms with Gasteiger partial charge in [0.2, 0.25) is 11.8 Å². The monoisotopic (exact) mass is 434 g/mol. The number of para-hydroxylation sites is 2. The standard InChI is InChI=1S/C24H26N4O2S/c1-19(29)28(22-12-7-4-8-13-22)24-26-20(18-31-24)14-15-23(30)25-16-9-17-27(2)21-10-5-3-6-11-21/h3-8,10-15,18H,9,16-17H2,1-2H3,(H,25,30)/b15-14+. The molecule has 0 unspecified atom stereocenters. The molecule has 0 aliphatic carbocycles. The van der Waals surface area contributed by atoms with Crippen molar-refractivity contribution in [1.82, 2.24) is 10.3 Å². The van der Waals surface area contributed by atoms with Crippen LogP contribution in [0.25, 0.3) is 6.08 Å². The van der Waals surface area contributed by atoms with E-state index in [1.54, 1.807) is 11.0 Å². The van der Waals surface area contributed by atoms with Gasteiger partial charge in [0, 0.05) is 44.2 Å². The Morgan fingerprint density at radius 1 is 1.03 bits per heavy atom. The van der Waals surface area contributed by atoms with Gasteiger partial charge in [0.05, 0.1) is 11.4 Å². The molecule has 0 spiro atoms. The maximum Gasteiger partial charge on any atom is 0.244 e. The smallest absolute Gasteiger partial charge is 0.244 e. The van der Waals surface area contributed by atoms with E-state index in [2.05, 4.69) is 27.3 Å². The fraction of sp³-hybridized carbons (Fsp3) is 0.208. The fourth-order valence-electron chi connectivity index (χ4n) is 3.02. The summed E-state index contributed by atoms with van der Waals surface area (Å²) in [6, 6.07) is 19.5. The molecule has 0 radical (unpaired) electrons. The maximum atomic E-state index is 12.1. The highest BCUT2D eigenvalue weighted by atomic mass is 32.1. The largest absolute Gasteiger partial charge is 0.375 e. The van der Waals surface area contributed by atoms with Crippen LogP contribution in [-0.2, 0) is 9.59 Å². The third kappa shape index (κ3) is 6.52. The molecule has 1 heterocycles. The first-order chi connectivity index (χ1) is 15.0. The van der Waals surface area contributed by atoms with Crippen molar-refractivity contribution in [3.63, 3.8) is 0 Å². The second-order valence-corrected chi connectivity index (χ2v) is 7.82.